The van der Waals surface area contributed by atoms with Crippen molar-refractivity contribution >= 4 is 11.7 Å². The molecule has 0 aliphatic heterocycles. The summed E-state index contributed by atoms with van der Waals surface area (Å²) in [6, 6.07) is 4.46. The fourth-order valence-electron chi connectivity index (χ4n) is 1.34. The molecule has 2 unspecified atom stereocenters. The molecule has 0 saturated heterocycles. The standard InChI is InChI=1S/C11H15NO5/c1-16-8-5-6(3-4-7(8)12)9(13)10(14)11(15)17-2/h3-5,9-10,13-14H,12H2,1-2H3. The number of carbonyl (C=O) groups is 1. The average molecular weight is 241 g/mol. The van der Waals surface area contributed by atoms with Crippen LogP contribution in [0.4, 0.5) is 5.69 Å². The van der Waals surface area contributed by atoms with Gasteiger partial charge in [0.05, 0.1) is 19.9 Å². The van der Waals surface area contributed by atoms with E-state index in [0.717, 1.165) is 7.11 Å². The lowest BCUT2D eigenvalue weighted by Gasteiger charge is -2.17. The molecule has 2 atom stereocenters. The lowest BCUT2D eigenvalue weighted by atomic mass is 10.0. The molecule has 0 aromatic heterocycles. The van der Waals surface area contributed by atoms with E-state index in [-0.39, 0.29) is 0 Å². The Hall–Kier alpha value is -1.79. The van der Waals surface area contributed by atoms with Crippen LogP contribution in [0.5, 0.6) is 5.75 Å². The summed E-state index contributed by atoms with van der Waals surface area (Å²) in [6.45, 7) is 0. The number of hydrogen-bond acceptors (Lipinski definition) is 6. The predicted octanol–water partition coefficient (Wildman–Crippen LogP) is -0.155. The van der Waals surface area contributed by atoms with E-state index in [2.05, 4.69) is 4.74 Å². The third kappa shape index (κ3) is 2.86. The van der Waals surface area contributed by atoms with Gasteiger partial charge in [-0.15, -0.1) is 0 Å². The first-order valence-corrected chi connectivity index (χ1v) is 4.88. The van der Waals surface area contributed by atoms with Gasteiger partial charge in [-0.2, -0.15) is 0 Å². The molecule has 0 saturated carbocycles. The molecule has 1 aromatic rings. The summed E-state index contributed by atoms with van der Waals surface area (Å²) >= 11 is 0. The molecular weight excluding hydrogens is 226 g/mol. The Balaban J connectivity index is 2.96. The van der Waals surface area contributed by atoms with E-state index in [1.807, 2.05) is 0 Å². The fourth-order valence-corrected chi connectivity index (χ4v) is 1.34. The Labute approximate surface area is 98.6 Å². The molecule has 6 heteroatoms. The normalized spacial score (nSPS) is 13.9. The van der Waals surface area contributed by atoms with Crippen molar-refractivity contribution < 1.29 is 24.5 Å². The van der Waals surface area contributed by atoms with Crippen LogP contribution in [0.2, 0.25) is 0 Å². The average Bonchev–Trinajstić information content (AvgIpc) is 2.36. The minimum Gasteiger partial charge on any atom is -0.495 e. The van der Waals surface area contributed by atoms with Gasteiger partial charge in [0.15, 0.2) is 6.10 Å². The van der Waals surface area contributed by atoms with Gasteiger partial charge in [0.25, 0.3) is 0 Å². The van der Waals surface area contributed by atoms with Crippen LogP contribution in [0.25, 0.3) is 0 Å². The summed E-state index contributed by atoms with van der Waals surface area (Å²) < 4.78 is 9.30. The number of aliphatic hydroxyl groups excluding tert-OH is 2. The zero-order valence-corrected chi connectivity index (χ0v) is 9.58. The molecule has 1 aromatic carbocycles. The van der Waals surface area contributed by atoms with Gasteiger partial charge in [-0.05, 0) is 17.7 Å². The SMILES string of the molecule is COC(=O)C(O)C(O)c1ccc(N)c(OC)c1. The van der Waals surface area contributed by atoms with E-state index < -0.39 is 18.2 Å². The first kappa shape index (κ1) is 13.3. The predicted molar refractivity (Wildman–Crippen MR) is 60.4 cm³/mol. The highest BCUT2D eigenvalue weighted by Gasteiger charge is 2.26. The van der Waals surface area contributed by atoms with Crippen molar-refractivity contribution in [2.75, 3.05) is 20.0 Å². The summed E-state index contributed by atoms with van der Waals surface area (Å²) in [7, 11) is 2.56. The number of methoxy groups -OCH3 is 2. The Morgan fingerprint density at radius 3 is 2.53 bits per heavy atom. The van der Waals surface area contributed by atoms with Crippen LogP contribution in [0.15, 0.2) is 18.2 Å². The van der Waals surface area contributed by atoms with Crippen molar-refractivity contribution in [1.29, 1.82) is 0 Å². The van der Waals surface area contributed by atoms with Crippen LogP contribution in [0.1, 0.15) is 11.7 Å². The van der Waals surface area contributed by atoms with Crippen molar-refractivity contribution in [3.8, 4) is 5.75 Å². The molecule has 0 fully saturated rings. The van der Waals surface area contributed by atoms with Gasteiger partial charge in [-0.3, -0.25) is 0 Å². The first-order valence-electron chi connectivity index (χ1n) is 4.88. The van der Waals surface area contributed by atoms with Crippen molar-refractivity contribution in [3.63, 3.8) is 0 Å². The summed E-state index contributed by atoms with van der Waals surface area (Å²) in [5.41, 5.74) is 6.31. The molecule has 0 aliphatic carbocycles. The van der Waals surface area contributed by atoms with Crippen LogP contribution < -0.4 is 10.5 Å². The Bertz CT molecular complexity index is 407. The summed E-state index contributed by atoms with van der Waals surface area (Å²) in [4.78, 5) is 11.1. The van der Waals surface area contributed by atoms with Gasteiger partial charge in [0.1, 0.15) is 11.9 Å². The minimum atomic E-state index is -1.65. The lowest BCUT2D eigenvalue weighted by molar-refractivity contribution is -0.156. The highest BCUT2D eigenvalue weighted by molar-refractivity contribution is 5.75. The van der Waals surface area contributed by atoms with Gasteiger partial charge in [0, 0.05) is 0 Å². The number of benzene rings is 1. The van der Waals surface area contributed by atoms with Crippen molar-refractivity contribution in [2.45, 2.75) is 12.2 Å². The van der Waals surface area contributed by atoms with Gasteiger partial charge < -0.3 is 25.4 Å². The lowest BCUT2D eigenvalue weighted by Crippen LogP contribution is -2.29. The monoisotopic (exact) mass is 241 g/mol. The van der Waals surface area contributed by atoms with E-state index in [1.54, 1.807) is 0 Å². The van der Waals surface area contributed by atoms with Crippen LogP contribution >= 0.6 is 0 Å². The van der Waals surface area contributed by atoms with E-state index in [1.165, 1.54) is 25.3 Å². The van der Waals surface area contributed by atoms with E-state index >= 15 is 0 Å². The second kappa shape index (κ2) is 5.51. The molecular formula is C11H15NO5. The van der Waals surface area contributed by atoms with Gasteiger partial charge in [-0.1, -0.05) is 6.07 Å². The molecule has 6 nitrogen and oxygen atoms in total. The minimum absolute atomic E-state index is 0.314. The summed E-state index contributed by atoms with van der Waals surface area (Å²) in [6.07, 6.45) is -3.04. The number of ether oxygens (including phenoxy) is 2. The highest BCUT2D eigenvalue weighted by Crippen LogP contribution is 2.27. The molecule has 0 amide bonds. The van der Waals surface area contributed by atoms with Crippen molar-refractivity contribution in [3.05, 3.63) is 23.8 Å². The van der Waals surface area contributed by atoms with Gasteiger partial charge >= 0.3 is 5.97 Å². The molecule has 1 rings (SSSR count). The Morgan fingerprint density at radius 2 is 2.00 bits per heavy atom. The van der Waals surface area contributed by atoms with Crippen LogP contribution in [0.3, 0.4) is 0 Å². The zero-order valence-electron chi connectivity index (χ0n) is 9.58. The first-order chi connectivity index (χ1) is 8.01. The Kier molecular flexibility index (Phi) is 4.30. The van der Waals surface area contributed by atoms with Crippen LogP contribution in [-0.4, -0.2) is 36.5 Å². The van der Waals surface area contributed by atoms with E-state index in [4.69, 9.17) is 10.5 Å². The number of anilines is 1. The third-order valence-electron chi connectivity index (χ3n) is 2.34. The van der Waals surface area contributed by atoms with Gasteiger partial charge in [-0.25, -0.2) is 4.79 Å². The zero-order chi connectivity index (χ0) is 13.0. The smallest absolute Gasteiger partial charge is 0.337 e. The largest absolute Gasteiger partial charge is 0.495 e. The second-order valence-corrected chi connectivity index (χ2v) is 3.41. The fraction of sp³-hybridized carbons (Fsp3) is 0.364. The quantitative estimate of drug-likeness (QED) is 0.500. The topological polar surface area (TPSA) is 102 Å². The number of esters is 1. The molecule has 0 radical (unpaired) electrons. The summed E-state index contributed by atoms with van der Waals surface area (Å²) in [5, 5.41) is 19.2. The van der Waals surface area contributed by atoms with Crippen molar-refractivity contribution in [1.82, 2.24) is 0 Å². The van der Waals surface area contributed by atoms with Crippen LogP contribution in [-0.2, 0) is 9.53 Å². The number of nitrogen functional groups attached to an aromatic ring is 1. The second-order valence-electron chi connectivity index (χ2n) is 3.41. The number of aliphatic hydroxyl groups is 2. The molecule has 4 N–H and O–H groups in total. The highest BCUT2D eigenvalue weighted by atomic mass is 16.5. The number of hydrogen-bond donors (Lipinski definition) is 3. The number of nitrogens with two attached hydrogens (primary N) is 1. The molecule has 17 heavy (non-hydrogen) atoms. The van der Waals surface area contributed by atoms with Crippen LogP contribution in [0, 0.1) is 0 Å². The van der Waals surface area contributed by atoms with Crippen molar-refractivity contribution in [2.24, 2.45) is 0 Å². The molecule has 94 valence electrons. The Morgan fingerprint density at radius 1 is 1.35 bits per heavy atom. The third-order valence-corrected chi connectivity index (χ3v) is 2.34. The maximum absolute atomic E-state index is 11.1. The summed E-state index contributed by atoms with van der Waals surface area (Å²) in [5.74, 6) is -0.549. The maximum Gasteiger partial charge on any atom is 0.337 e. The van der Waals surface area contributed by atoms with E-state index in [9.17, 15) is 15.0 Å². The number of rotatable bonds is 4. The molecule has 0 bridgehead atoms. The molecule has 0 spiro atoms. The molecule has 0 heterocycles. The molecule has 0 aliphatic rings. The maximum atomic E-state index is 11.1. The van der Waals surface area contributed by atoms with Gasteiger partial charge in [0.2, 0.25) is 0 Å². The number of carbonyl (C=O) groups excluding carboxylic acids is 1. The van der Waals surface area contributed by atoms with E-state index in [0.29, 0.717) is 17.0 Å².